The third-order valence-electron chi connectivity index (χ3n) is 2.79. The number of ether oxygens (including phenoxy) is 2. The highest BCUT2D eigenvalue weighted by atomic mass is 16.5. The SMILES string of the molecule is CCOc1cc(C(=O)NCCOC)nn1-c1ccccc1. The summed E-state index contributed by atoms with van der Waals surface area (Å²) in [5.74, 6) is 0.295. The molecule has 0 atom stereocenters. The summed E-state index contributed by atoms with van der Waals surface area (Å²) in [6.07, 6.45) is 0. The van der Waals surface area contributed by atoms with E-state index in [9.17, 15) is 4.79 Å². The molecule has 0 saturated carbocycles. The molecular weight excluding hydrogens is 270 g/mol. The highest BCUT2D eigenvalue weighted by Gasteiger charge is 2.15. The average molecular weight is 289 g/mol. The van der Waals surface area contributed by atoms with E-state index in [-0.39, 0.29) is 5.91 Å². The number of benzene rings is 1. The van der Waals surface area contributed by atoms with Gasteiger partial charge in [-0.1, -0.05) is 18.2 Å². The Hall–Kier alpha value is -2.34. The Morgan fingerprint density at radius 2 is 2.10 bits per heavy atom. The molecule has 0 aliphatic rings. The topological polar surface area (TPSA) is 65.4 Å². The average Bonchev–Trinajstić information content (AvgIpc) is 2.93. The Morgan fingerprint density at radius 3 is 2.76 bits per heavy atom. The molecule has 112 valence electrons. The molecule has 1 N–H and O–H groups in total. The lowest BCUT2D eigenvalue weighted by Crippen LogP contribution is -2.27. The predicted octanol–water partition coefficient (Wildman–Crippen LogP) is 1.65. The van der Waals surface area contributed by atoms with E-state index in [1.54, 1.807) is 17.9 Å². The van der Waals surface area contributed by atoms with Crippen molar-refractivity contribution in [3.8, 4) is 11.6 Å². The minimum absolute atomic E-state index is 0.248. The van der Waals surface area contributed by atoms with Crippen LogP contribution in [0.1, 0.15) is 17.4 Å². The number of nitrogens with one attached hydrogen (secondary N) is 1. The van der Waals surface area contributed by atoms with E-state index >= 15 is 0 Å². The van der Waals surface area contributed by atoms with Crippen molar-refractivity contribution in [1.29, 1.82) is 0 Å². The van der Waals surface area contributed by atoms with E-state index in [1.807, 2.05) is 37.3 Å². The van der Waals surface area contributed by atoms with Crippen molar-refractivity contribution in [3.05, 3.63) is 42.1 Å². The number of carbonyl (C=O) groups is 1. The van der Waals surface area contributed by atoms with Crippen molar-refractivity contribution >= 4 is 5.91 Å². The van der Waals surface area contributed by atoms with Gasteiger partial charge in [0.2, 0.25) is 5.88 Å². The van der Waals surface area contributed by atoms with Gasteiger partial charge >= 0.3 is 0 Å². The molecule has 6 nitrogen and oxygen atoms in total. The summed E-state index contributed by atoms with van der Waals surface area (Å²) in [7, 11) is 1.59. The second kappa shape index (κ2) is 7.44. The summed E-state index contributed by atoms with van der Waals surface area (Å²) in [6.45, 7) is 3.30. The molecular formula is C15H19N3O3. The van der Waals surface area contributed by atoms with Gasteiger partial charge in [0.25, 0.3) is 5.91 Å². The van der Waals surface area contributed by atoms with E-state index in [4.69, 9.17) is 9.47 Å². The van der Waals surface area contributed by atoms with Crippen LogP contribution in [0.3, 0.4) is 0 Å². The monoisotopic (exact) mass is 289 g/mol. The Kier molecular flexibility index (Phi) is 5.34. The normalized spacial score (nSPS) is 10.4. The van der Waals surface area contributed by atoms with Crippen molar-refractivity contribution in [3.63, 3.8) is 0 Å². The molecule has 1 aromatic heterocycles. The van der Waals surface area contributed by atoms with Crippen LogP contribution in [0.4, 0.5) is 0 Å². The molecule has 0 aliphatic heterocycles. The summed E-state index contributed by atoms with van der Waals surface area (Å²) in [5.41, 5.74) is 1.16. The second-order valence-corrected chi connectivity index (χ2v) is 4.30. The van der Waals surface area contributed by atoms with Crippen molar-refractivity contribution in [2.24, 2.45) is 0 Å². The summed E-state index contributed by atoms with van der Waals surface area (Å²) < 4.78 is 12.1. The quantitative estimate of drug-likeness (QED) is 0.787. The van der Waals surface area contributed by atoms with E-state index in [0.29, 0.717) is 31.3 Å². The first-order valence-electron chi connectivity index (χ1n) is 6.81. The van der Waals surface area contributed by atoms with Gasteiger partial charge in [0.1, 0.15) is 0 Å². The van der Waals surface area contributed by atoms with Gasteiger partial charge in [0.05, 0.1) is 18.9 Å². The third-order valence-corrected chi connectivity index (χ3v) is 2.79. The van der Waals surface area contributed by atoms with Crippen molar-refractivity contribution < 1.29 is 14.3 Å². The molecule has 0 aliphatic carbocycles. The first kappa shape index (κ1) is 15.1. The van der Waals surface area contributed by atoms with Gasteiger partial charge in [-0.25, -0.2) is 4.68 Å². The molecule has 2 aromatic rings. The second-order valence-electron chi connectivity index (χ2n) is 4.30. The Labute approximate surface area is 123 Å². The van der Waals surface area contributed by atoms with Gasteiger partial charge in [0, 0.05) is 19.7 Å². The predicted molar refractivity (Wildman–Crippen MR) is 78.9 cm³/mol. The van der Waals surface area contributed by atoms with Crippen LogP contribution >= 0.6 is 0 Å². The minimum Gasteiger partial charge on any atom is -0.478 e. The Balaban J connectivity index is 2.23. The fraction of sp³-hybridized carbons (Fsp3) is 0.333. The van der Waals surface area contributed by atoms with Crippen LogP contribution in [0.15, 0.2) is 36.4 Å². The van der Waals surface area contributed by atoms with Gasteiger partial charge < -0.3 is 14.8 Å². The smallest absolute Gasteiger partial charge is 0.272 e. The van der Waals surface area contributed by atoms with Crippen LogP contribution in [0.5, 0.6) is 5.88 Å². The van der Waals surface area contributed by atoms with Crippen molar-refractivity contribution in [2.45, 2.75) is 6.92 Å². The molecule has 0 unspecified atom stereocenters. The largest absolute Gasteiger partial charge is 0.478 e. The summed E-state index contributed by atoms with van der Waals surface area (Å²) in [6, 6.07) is 11.2. The zero-order chi connectivity index (χ0) is 15.1. The fourth-order valence-electron chi connectivity index (χ4n) is 1.84. The molecule has 2 rings (SSSR count). The lowest BCUT2D eigenvalue weighted by atomic mass is 10.3. The van der Waals surface area contributed by atoms with Crippen LogP contribution in [0.2, 0.25) is 0 Å². The molecule has 0 spiro atoms. The molecule has 1 heterocycles. The Bertz CT molecular complexity index is 581. The first-order chi connectivity index (χ1) is 10.3. The summed E-state index contributed by atoms with van der Waals surface area (Å²) in [5, 5.41) is 7.06. The minimum atomic E-state index is -0.248. The van der Waals surface area contributed by atoms with Gasteiger partial charge in [-0.15, -0.1) is 0 Å². The lowest BCUT2D eigenvalue weighted by molar-refractivity contribution is 0.0931. The molecule has 0 bridgehead atoms. The number of para-hydroxylation sites is 1. The van der Waals surface area contributed by atoms with Crippen LogP contribution < -0.4 is 10.1 Å². The zero-order valence-corrected chi connectivity index (χ0v) is 12.2. The van der Waals surface area contributed by atoms with E-state index in [2.05, 4.69) is 10.4 Å². The zero-order valence-electron chi connectivity index (χ0n) is 12.2. The highest BCUT2D eigenvalue weighted by molar-refractivity contribution is 5.92. The molecule has 6 heteroatoms. The standard InChI is InChI=1S/C15H19N3O3/c1-3-21-14-11-13(15(19)16-9-10-20-2)17-18(14)12-7-5-4-6-8-12/h4-8,11H,3,9-10H2,1-2H3,(H,16,19). The fourth-order valence-corrected chi connectivity index (χ4v) is 1.84. The highest BCUT2D eigenvalue weighted by Crippen LogP contribution is 2.19. The van der Waals surface area contributed by atoms with Crippen molar-refractivity contribution in [2.75, 3.05) is 26.9 Å². The maximum Gasteiger partial charge on any atom is 0.272 e. The number of aromatic nitrogens is 2. The van der Waals surface area contributed by atoms with Crippen LogP contribution in [0, 0.1) is 0 Å². The van der Waals surface area contributed by atoms with Gasteiger partial charge in [-0.05, 0) is 19.1 Å². The Morgan fingerprint density at radius 1 is 1.33 bits per heavy atom. The molecule has 0 saturated heterocycles. The maximum absolute atomic E-state index is 12.0. The van der Waals surface area contributed by atoms with Gasteiger partial charge in [0.15, 0.2) is 5.69 Å². The first-order valence-corrected chi connectivity index (χ1v) is 6.81. The number of nitrogens with zero attached hydrogens (tertiary/aromatic N) is 2. The molecule has 0 fully saturated rings. The molecule has 1 aromatic carbocycles. The summed E-state index contributed by atoms with van der Waals surface area (Å²) >= 11 is 0. The maximum atomic E-state index is 12.0. The van der Waals surface area contributed by atoms with E-state index in [1.165, 1.54) is 0 Å². The van der Waals surface area contributed by atoms with E-state index < -0.39 is 0 Å². The number of rotatable bonds is 7. The number of amides is 1. The van der Waals surface area contributed by atoms with Crippen LogP contribution in [0.25, 0.3) is 5.69 Å². The molecule has 0 radical (unpaired) electrons. The van der Waals surface area contributed by atoms with E-state index in [0.717, 1.165) is 5.69 Å². The number of hydrogen-bond acceptors (Lipinski definition) is 4. The molecule has 21 heavy (non-hydrogen) atoms. The van der Waals surface area contributed by atoms with Crippen molar-refractivity contribution in [1.82, 2.24) is 15.1 Å². The van der Waals surface area contributed by atoms with Crippen LogP contribution in [-0.2, 0) is 4.74 Å². The number of methoxy groups -OCH3 is 1. The lowest BCUT2D eigenvalue weighted by Gasteiger charge is -2.06. The summed E-state index contributed by atoms with van der Waals surface area (Å²) in [4.78, 5) is 12.0. The van der Waals surface area contributed by atoms with Gasteiger partial charge in [-0.2, -0.15) is 5.10 Å². The third kappa shape index (κ3) is 3.82. The van der Waals surface area contributed by atoms with Gasteiger partial charge in [-0.3, -0.25) is 4.79 Å². The molecule has 1 amide bonds. The number of hydrogen-bond donors (Lipinski definition) is 1. The number of carbonyl (C=O) groups excluding carboxylic acids is 1. The van der Waals surface area contributed by atoms with Crippen LogP contribution in [-0.4, -0.2) is 42.6 Å².